The molecule has 0 amide bonds. The van der Waals surface area contributed by atoms with Gasteiger partial charge >= 0.3 is 0 Å². The quantitative estimate of drug-likeness (QED) is 0.342. The molecule has 0 spiro atoms. The van der Waals surface area contributed by atoms with Crippen molar-refractivity contribution in [3.8, 4) is 0 Å². The van der Waals surface area contributed by atoms with E-state index >= 15 is 0 Å². The smallest absolute Gasteiger partial charge is 0.0479 e. The molecule has 168 valence electrons. The summed E-state index contributed by atoms with van der Waals surface area (Å²) < 4.78 is 0. The van der Waals surface area contributed by atoms with Crippen LogP contribution < -0.4 is 0 Å². The lowest BCUT2D eigenvalue weighted by Crippen LogP contribution is -2.47. The third-order valence-electron chi connectivity index (χ3n) is 12.8. The van der Waals surface area contributed by atoms with Crippen LogP contribution in [0.1, 0.15) is 103 Å². The Morgan fingerprint density at radius 2 is 0.906 bits per heavy atom. The summed E-state index contributed by atoms with van der Waals surface area (Å²) in [6.07, 6.45) is 24.6. The van der Waals surface area contributed by atoms with Crippen molar-refractivity contribution in [1.82, 2.24) is 0 Å². The molecule has 0 nitrogen and oxygen atoms in total. The summed E-state index contributed by atoms with van der Waals surface area (Å²) in [5.74, 6) is 10.6. The minimum atomic E-state index is 0.907. The molecule has 13 aliphatic rings. The monoisotopic (exact) mass is 425 g/mol. The molecule has 8 bridgehead atoms. The van der Waals surface area contributed by atoms with E-state index in [1.165, 1.54) is 64.2 Å². The number of hydrogen-bond acceptors (Lipinski definition) is 0. The van der Waals surface area contributed by atoms with E-state index in [2.05, 4.69) is 33.8 Å². The number of fused-ring (bicyclic) bond motifs is 8. The van der Waals surface area contributed by atoms with Crippen LogP contribution in [0.3, 0.4) is 0 Å². The van der Waals surface area contributed by atoms with Crippen molar-refractivity contribution in [3.63, 3.8) is 0 Å². The minimum absolute atomic E-state index is 0.907. The highest BCUT2D eigenvalue weighted by Gasteiger charge is 2.60. The number of allylic oxidation sites excluding steroid dienone is 6. The number of rotatable bonds is 0. The van der Waals surface area contributed by atoms with Crippen molar-refractivity contribution in [2.24, 2.45) is 53.3 Å². The molecule has 0 saturated heterocycles. The van der Waals surface area contributed by atoms with Gasteiger partial charge in [-0.2, -0.15) is 0 Å². The second-order valence-corrected chi connectivity index (χ2v) is 13.7. The molecule has 0 aromatic carbocycles. The minimum Gasteiger partial charge on any atom is -0.0479 e. The van der Waals surface area contributed by atoms with Gasteiger partial charge in [0.1, 0.15) is 0 Å². The van der Waals surface area contributed by atoms with Gasteiger partial charge in [0.05, 0.1) is 23.0 Å². The molecule has 13 aliphatic carbocycles. The average Bonchev–Trinajstić information content (AvgIpc) is 2.88. The largest absolute Gasteiger partial charge is 0.0701 e. The summed E-state index contributed by atoms with van der Waals surface area (Å²) in [6, 6.07) is 0. The normalized spacial score (nSPS) is 50.2. The highest BCUT2D eigenvalue weighted by atomic mass is 14.6. The van der Waals surface area contributed by atoms with Crippen LogP contribution in [0, 0.1) is 59.2 Å². The fourth-order valence-electron chi connectivity index (χ4n) is 11.7. The van der Waals surface area contributed by atoms with Crippen LogP contribution in [-0.2, 0) is 0 Å². The molecule has 0 aromatic rings. The van der Waals surface area contributed by atoms with E-state index in [1.54, 1.807) is 38.5 Å². The Bertz CT molecular complexity index is 862. The lowest BCUT2D eigenvalue weighted by atomic mass is 9.45. The second-order valence-electron chi connectivity index (χ2n) is 13.7. The van der Waals surface area contributed by atoms with E-state index in [0.717, 1.165) is 53.3 Å². The van der Waals surface area contributed by atoms with Crippen LogP contribution in [-0.4, -0.2) is 0 Å². The Hall–Kier alpha value is -0.910. The van der Waals surface area contributed by atoms with Crippen LogP contribution in [0.5, 0.6) is 0 Å². The van der Waals surface area contributed by atoms with Gasteiger partial charge in [-0.05, 0) is 126 Å². The SMILES string of the molecule is C1CC2CCC1C1=C3[C+](C4=C(C5CCC4CC5)C4C(=C12)C1CCC4CC1)C1CCC3CC1. The van der Waals surface area contributed by atoms with Gasteiger partial charge in [0.2, 0.25) is 0 Å². The molecule has 0 aromatic heterocycles. The number of hydrogen-bond donors (Lipinski definition) is 0. The van der Waals surface area contributed by atoms with Crippen molar-refractivity contribution < 1.29 is 0 Å². The van der Waals surface area contributed by atoms with Gasteiger partial charge in [-0.3, -0.25) is 0 Å². The van der Waals surface area contributed by atoms with Crippen LogP contribution in [0.25, 0.3) is 0 Å². The first-order valence-electron chi connectivity index (χ1n) is 15.0. The Kier molecular flexibility index (Phi) is 3.68. The second kappa shape index (κ2) is 6.40. The lowest BCUT2D eigenvalue weighted by molar-refractivity contribution is 0.147. The first-order chi connectivity index (χ1) is 15.9. The van der Waals surface area contributed by atoms with E-state index < -0.39 is 0 Å². The summed E-state index contributed by atoms with van der Waals surface area (Å²) in [7, 11) is 0. The molecule has 10 fully saturated rings. The highest BCUT2D eigenvalue weighted by Crippen LogP contribution is 2.68. The third kappa shape index (κ3) is 2.16. The van der Waals surface area contributed by atoms with E-state index in [0.29, 0.717) is 0 Å². The first kappa shape index (κ1) is 18.4. The molecular formula is C32H41+. The Balaban J connectivity index is 1.41. The van der Waals surface area contributed by atoms with E-state index in [9.17, 15) is 0 Å². The predicted octanol–water partition coefficient (Wildman–Crippen LogP) is 8.36. The topological polar surface area (TPSA) is 0 Å². The maximum atomic E-state index is 2.12. The zero-order valence-electron chi connectivity index (χ0n) is 20.0. The maximum absolute atomic E-state index is 2.12. The first-order valence-corrected chi connectivity index (χ1v) is 15.0. The summed E-state index contributed by atoms with van der Waals surface area (Å²) in [5, 5.41) is 0. The predicted molar refractivity (Wildman–Crippen MR) is 130 cm³/mol. The van der Waals surface area contributed by atoms with E-state index in [1.807, 2.05) is 5.57 Å². The van der Waals surface area contributed by atoms with E-state index in [4.69, 9.17) is 0 Å². The van der Waals surface area contributed by atoms with Crippen LogP contribution in [0.4, 0.5) is 0 Å². The molecule has 0 radical (unpaired) electrons. The Morgan fingerprint density at radius 1 is 0.406 bits per heavy atom. The summed E-state index contributed by atoms with van der Waals surface area (Å²) in [4.78, 5) is 0. The summed E-state index contributed by atoms with van der Waals surface area (Å²) in [5.41, 5.74) is 12.5. The Morgan fingerprint density at radius 3 is 1.62 bits per heavy atom. The Labute approximate surface area is 195 Å². The molecule has 1 unspecified atom stereocenters. The molecule has 0 N–H and O–H groups in total. The molecule has 1 atom stereocenters. The van der Waals surface area contributed by atoms with Crippen LogP contribution in [0.2, 0.25) is 0 Å². The van der Waals surface area contributed by atoms with Crippen LogP contribution in [0.15, 0.2) is 33.4 Å². The zero-order valence-corrected chi connectivity index (χ0v) is 20.0. The van der Waals surface area contributed by atoms with Gasteiger partial charge < -0.3 is 0 Å². The molecule has 32 heavy (non-hydrogen) atoms. The van der Waals surface area contributed by atoms with Crippen LogP contribution >= 0.6 is 0 Å². The molecule has 10 saturated carbocycles. The molecule has 0 heteroatoms. The van der Waals surface area contributed by atoms with Crippen molar-refractivity contribution in [2.45, 2.75) is 103 Å². The highest BCUT2D eigenvalue weighted by molar-refractivity contribution is 5.63. The summed E-state index contributed by atoms with van der Waals surface area (Å²) >= 11 is 0. The lowest BCUT2D eigenvalue weighted by Gasteiger charge is -2.55. The van der Waals surface area contributed by atoms with Crippen molar-refractivity contribution >= 4 is 0 Å². The standard InChI is InChI=1S/C32H41/c1-2-18-4-3-17(1)25-26(18)28-20-9-11-22(12-10-20)30(28)32-24-15-13-23(14-16-24)31(32)29-21-7-5-19(6-8-21)27(25)29/h17-25H,1-16H2/q+1. The fourth-order valence-corrected chi connectivity index (χ4v) is 11.7. The van der Waals surface area contributed by atoms with Crippen molar-refractivity contribution in [2.75, 3.05) is 0 Å². The van der Waals surface area contributed by atoms with Gasteiger partial charge in [-0.25, -0.2) is 0 Å². The molecule has 13 rings (SSSR count). The third-order valence-corrected chi connectivity index (χ3v) is 12.8. The zero-order chi connectivity index (χ0) is 20.6. The van der Waals surface area contributed by atoms with Gasteiger partial charge in [0, 0.05) is 46.3 Å². The van der Waals surface area contributed by atoms with Crippen molar-refractivity contribution in [3.05, 3.63) is 39.4 Å². The van der Waals surface area contributed by atoms with Crippen molar-refractivity contribution in [1.29, 1.82) is 0 Å². The van der Waals surface area contributed by atoms with E-state index in [-0.39, 0.29) is 0 Å². The van der Waals surface area contributed by atoms with Gasteiger partial charge in [-0.1, -0.05) is 0 Å². The van der Waals surface area contributed by atoms with Gasteiger partial charge in [-0.15, -0.1) is 0 Å². The van der Waals surface area contributed by atoms with Gasteiger partial charge in [0.15, 0.2) is 0 Å². The molecule has 0 heterocycles. The summed E-state index contributed by atoms with van der Waals surface area (Å²) in [6.45, 7) is 0. The molecule has 0 aliphatic heterocycles. The average molecular weight is 426 g/mol. The fraction of sp³-hybridized carbons (Fsp3) is 0.781. The molecular weight excluding hydrogens is 384 g/mol. The van der Waals surface area contributed by atoms with Gasteiger partial charge in [0.25, 0.3) is 0 Å². The maximum Gasteiger partial charge on any atom is 0.0701 e.